The molecule has 1 heterocycles. The van der Waals surface area contributed by atoms with Gasteiger partial charge in [0.25, 0.3) is 0 Å². The summed E-state index contributed by atoms with van der Waals surface area (Å²) in [7, 11) is 0. The molecule has 0 aromatic carbocycles. The van der Waals surface area contributed by atoms with Crippen LogP contribution >= 0.6 is 0 Å². The third kappa shape index (κ3) is 6.59. The Labute approximate surface area is 99.2 Å². The zero-order valence-electron chi connectivity index (χ0n) is 10.9. The Morgan fingerprint density at radius 3 is 1.88 bits per heavy atom. The maximum Gasteiger partial charge on any atom is 0.223 e. The normalized spacial score (nSPS) is 15.8. The second-order valence-electron chi connectivity index (χ2n) is 4.00. The van der Waals surface area contributed by atoms with Gasteiger partial charge in [-0.1, -0.05) is 26.7 Å². The summed E-state index contributed by atoms with van der Waals surface area (Å²) in [6.07, 6.45) is 5.50. The highest BCUT2D eigenvalue weighted by atomic mass is 16.2. The zero-order valence-corrected chi connectivity index (χ0v) is 10.9. The molecule has 1 amide bonds. The number of Topliss-reactive ketones (excluding diaryl/α,β-unsaturated/α-hetero) is 1. The molecule has 0 aliphatic carbocycles. The van der Waals surface area contributed by atoms with Gasteiger partial charge >= 0.3 is 0 Å². The van der Waals surface area contributed by atoms with Gasteiger partial charge in [0.1, 0.15) is 5.78 Å². The van der Waals surface area contributed by atoms with Crippen LogP contribution in [0.3, 0.4) is 0 Å². The van der Waals surface area contributed by atoms with Gasteiger partial charge in [0.2, 0.25) is 5.91 Å². The molecule has 0 aromatic rings. The first-order valence-corrected chi connectivity index (χ1v) is 6.47. The van der Waals surface area contributed by atoms with Crippen molar-refractivity contribution in [3.8, 4) is 0 Å². The number of carbonyl (C=O) groups excluding carboxylic acids is 2. The Morgan fingerprint density at radius 2 is 1.44 bits per heavy atom. The smallest absolute Gasteiger partial charge is 0.223 e. The highest BCUT2D eigenvalue weighted by molar-refractivity contribution is 5.83. The summed E-state index contributed by atoms with van der Waals surface area (Å²) in [5.74, 6) is 0.260. The van der Waals surface area contributed by atoms with Crippen LogP contribution in [0.1, 0.15) is 59.3 Å². The lowest BCUT2D eigenvalue weighted by molar-refractivity contribution is -0.132. The second kappa shape index (κ2) is 9.37. The van der Waals surface area contributed by atoms with Gasteiger partial charge in [-0.15, -0.1) is 0 Å². The third-order valence-electron chi connectivity index (χ3n) is 2.65. The van der Waals surface area contributed by atoms with Crippen LogP contribution in [0.25, 0.3) is 0 Å². The minimum Gasteiger partial charge on any atom is -0.343 e. The van der Waals surface area contributed by atoms with Gasteiger partial charge in [-0.05, 0) is 19.8 Å². The average Bonchev–Trinajstić information content (AvgIpc) is 2.57. The van der Waals surface area contributed by atoms with E-state index in [1.54, 1.807) is 0 Å². The molecule has 0 radical (unpaired) electrons. The molecule has 0 aromatic heterocycles. The van der Waals surface area contributed by atoms with Gasteiger partial charge < -0.3 is 9.69 Å². The van der Waals surface area contributed by atoms with E-state index in [4.69, 9.17) is 0 Å². The molecule has 0 saturated carbocycles. The SMILES string of the molecule is CC.CC(=O)CCC(=O)N1CCCCCC1. The maximum atomic E-state index is 11.6. The van der Waals surface area contributed by atoms with Gasteiger partial charge in [0.15, 0.2) is 0 Å². The van der Waals surface area contributed by atoms with Gasteiger partial charge in [-0.25, -0.2) is 0 Å². The summed E-state index contributed by atoms with van der Waals surface area (Å²) in [6.45, 7) is 7.31. The molecule has 1 rings (SSSR count). The first-order chi connectivity index (χ1) is 7.70. The highest BCUT2D eigenvalue weighted by Crippen LogP contribution is 2.11. The molecule has 3 heteroatoms. The summed E-state index contributed by atoms with van der Waals surface area (Å²) in [4.78, 5) is 24.3. The Hall–Kier alpha value is -0.860. The molecule has 0 atom stereocenters. The fraction of sp³-hybridized carbons (Fsp3) is 0.846. The summed E-state index contributed by atoms with van der Waals surface area (Å²) in [5.41, 5.74) is 0. The van der Waals surface area contributed by atoms with E-state index in [-0.39, 0.29) is 11.7 Å². The number of likely N-dealkylation sites (tertiary alicyclic amines) is 1. The largest absolute Gasteiger partial charge is 0.343 e. The maximum absolute atomic E-state index is 11.6. The number of amides is 1. The van der Waals surface area contributed by atoms with Gasteiger partial charge in [-0.2, -0.15) is 0 Å². The predicted molar refractivity (Wildman–Crippen MR) is 66.3 cm³/mol. The Bertz CT molecular complexity index is 206. The number of nitrogens with zero attached hydrogens (tertiary/aromatic N) is 1. The van der Waals surface area contributed by atoms with Crippen molar-refractivity contribution >= 4 is 11.7 Å². The molecule has 3 nitrogen and oxygen atoms in total. The molecular weight excluding hydrogens is 202 g/mol. The number of ketones is 1. The molecule has 16 heavy (non-hydrogen) atoms. The van der Waals surface area contributed by atoms with Crippen molar-refractivity contribution in [1.82, 2.24) is 4.90 Å². The van der Waals surface area contributed by atoms with Crippen molar-refractivity contribution in [2.24, 2.45) is 0 Å². The lowest BCUT2D eigenvalue weighted by Crippen LogP contribution is -2.31. The molecule has 0 bridgehead atoms. The van der Waals surface area contributed by atoms with Crippen molar-refractivity contribution < 1.29 is 9.59 Å². The quantitative estimate of drug-likeness (QED) is 0.743. The van der Waals surface area contributed by atoms with E-state index in [2.05, 4.69) is 0 Å². The fourth-order valence-electron chi connectivity index (χ4n) is 1.76. The van der Waals surface area contributed by atoms with Gasteiger partial charge in [0.05, 0.1) is 0 Å². The van der Waals surface area contributed by atoms with E-state index < -0.39 is 0 Å². The molecular formula is C13H25NO2. The van der Waals surface area contributed by atoms with Crippen LogP contribution in [0, 0.1) is 0 Å². The number of rotatable bonds is 3. The third-order valence-corrected chi connectivity index (χ3v) is 2.65. The van der Waals surface area contributed by atoms with Gasteiger partial charge in [-0.3, -0.25) is 4.79 Å². The zero-order chi connectivity index (χ0) is 12.4. The van der Waals surface area contributed by atoms with Crippen LogP contribution in [0.4, 0.5) is 0 Å². The first kappa shape index (κ1) is 15.1. The summed E-state index contributed by atoms with van der Waals surface area (Å²) in [6, 6.07) is 0. The van der Waals surface area contributed by atoms with Crippen LogP contribution in [-0.4, -0.2) is 29.7 Å². The minimum atomic E-state index is 0.105. The molecule has 0 unspecified atom stereocenters. The Kier molecular flexibility index (Phi) is 8.87. The second-order valence-corrected chi connectivity index (χ2v) is 4.00. The van der Waals surface area contributed by atoms with Crippen molar-refractivity contribution in [3.63, 3.8) is 0 Å². The van der Waals surface area contributed by atoms with Crippen LogP contribution < -0.4 is 0 Å². The van der Waals surface area contributed by atoms with Crippen LogP contribution in [0.15, 0.2) is 0 Å². The Morgan fingerprint density at radius 1 is 0.938 bits per heavy atom. The average molecular weight is 227 g/mol. The predicted octanol–water partition coefficient (Wildman–Crippen LogP) is 2.78. The van der Waals surface area contributed by atoms with Crippen LogP contribution in [0.5, 0.6) is 0 Å². The van der Waals surface area contributed by atoms with Gasteiger partial charge in [0, 0.05) is 25.9 Å². The minimum absolute atomic E-state index is 0.105. The van der Waals surface area contributed by atoms with E-state index in [1.165, 1.54) is 19.8 Å². The first-order valence-electron chi connectivity index (χ1n) is 6.47. The number of carbonyl (C=O) groups is 2. The van der Waals surface area contributed by atoms with E-state index in [0.717, 1.165) is 25.9 Å². The summed E-state index contributed by atoms with van der Waals surface area (Å²) < 4.78 is 0. The van der Waals surface area contributed by atoms with E-state index >= 15 is 0 Å². The summed E-state index contributed by atoms with van der Waals surface area (Å²) >= 11 is 0. The van der Waals surface area contributed by atoms with Crippen molar-refractivity contribution in [3.05, 3.63) is 0 Å². The Balaban J connectivity index is 0.00000106. The van der Waals surface area contributed by atoms with Crippen LogP contribution in [-0.2, 0) is 9.59 Å². The molecule has 1 saturated heterocycles. The van der Waals surface area contributed by atoms with E-state index in [0.29, 0.717) is 12.8 Å². The number of hydrogen-bond acceptors (Lipinski definition) is 2. The van der Waals surface area contributed by atoms with E-state index in [1.807, 2.05) is 18.7 Å². The molecule has 0 spiro atoms. The standard InChI is InChI=1S/C11H19NO2.C2H6/c1-10(13)6-7-11(14)12-8-4-2-3-5-9-12;1-2/h2-9H2,1H3;1-2H3. The monoisotopic (exact) mass is 227 g/mol. The number of hydrogen-bond donors (Lipinski definition) is 0. The van der Waals surface area contributed by atoms with Crippen molar-refractivity contribution in [2.75, 3.05) is 13.1 Å². The lowest BCUT2D eigenvalue weighted by Gasteiger charge is -2.19. The molecule has 0 N–H and O–H groups in total. The molecule has 1 aliphatic heterocycles. The van der Waals surface area contributed by atoms with E-state index in [9.17, 15) is 9.59 Å². The topological polar surface area (TPSA) is 37.4 Å². The fourth-order valence-corrected chi connectivity index (χ4v) is 1.76. The van der Waals surface area contributed by atoms with Crippen LogP contribution in [0.2, 0.25) is 0 Å². The molecule has 1 fully saturated rings. The summed E-state index contributed by atoms with van der Waals surface area (Å²) in [5, 5.41) is 0. The van der Waals surface area contributed by atoms with Crippen molar-refractivity contribution in [1.29, 1.82) is 0 Å². The highest BCUT2D eigenvalue weighted by Gasteiger charge is 2.15. The lowest BCUT2D eigenvalue weighted by atomic mass is 10.2. The molecule has 1 aliphatic rings. The van der Waals surface area contributed by atoms with Crippen molar-refractivity contribution in [2.45, 2.75) is 59.3 Å². The molecule has 94 valence electrons.